The van der Waals surface area contributed by atoms with E-state index in [0.29, 0.717) is 5.92 Å². The summed E-state index contributed by atoms with van der Waals surface area (Å²) in [7, 11) is 4.18. The molecule has 0 aliphatic heterocycles. The smallest absolute Gasteiger partial charge is 0.220 e. The molecule has 3 nitrogen and oxygen atoms in total. The van der Waals surface area contributed by atoms with Crippen molar-refractivity contribution >= 4 is 5.91 Å². The molecule has 1 amide bonds. The van der Waals surface area contributed by atoms with Crippen molar-refractivity contribution < 1.29 is 4.79 Å². The number of nitrogens with zero attached hydrogens (tertiary/aromatic N) is 1. The molecule has 2 unspecified atom stereocenters. The van der Waals surface area contributed by atoms with Crippen LogP contribution in [-0.2, 0) is 11.2 Å². The molecule has 0 spiro atoms. The van der Waals surface area contributed by atoms with Crippen LogP contribution in [0.5, 0.6) is 0 Å². The maximum atomic E-state index is 11.2. The van der Waals surface area contributed by atoms with Crippen LogP contribution in [0.15, 0.2) is 24.3 Å². The molecule has 1 rings (SSSR count). The van der Waals surface area contributed by atoms with Crippen molar-refractivity contribution in [3.63, 3.8) is 0 Å². The van der Waals surface area contributed by atoms with Gasteiger partial charge >= 0.3 is 0 Å². The van der Waals surface area contributed by atoms with Gasteiger partial charge in [-0.25, -0.2) is 0 Å². The second kappa shape index (κ2) is 8.05. The lowest BCUT2D eigenvalue weighted by Crippen LogP contribution is -2.22. The van der Waals surface area contributed by atoms with Crippen LogP contribution in [0.1, 0.15) is 43.7 Å². The van der Waals surface area contributed by atoms with Crippen molar-refractivity contribution in [1.82, 2.24) is 4.90 Å². The number of primary amides is 1. The Kier molecular flexibility index (Phi) is 6.73. The van der Waals surface area contributed by atoms with E-state index in [4.69, 9.17) is 5.73 Å². The zero-order chi connectivity index (χ0) is 15.1. The number of likely N-dealkylation sites (N-methyl/N-ethyl adjacent to an activating group) is 1. The quantitative estimate of drug-likeness (QED) is 0.793. The Bertz CT molecular complexity index is 412. The number of benzene rings is 1. The normalized spacial score (nSPS) is 14.2. The fourth-order valence-electron chi connectivity index (χ4n) is 2.39. The average Bonchev–Trinajstić information content (AvgIpc) is 2.42. The average molecular weight is 276 g/mol. The van der Waals surface area contributed by atoms with Gasteiger partial charge in [0.05, 0.1) is 0 Å². The molecule has 2 N–H and O–H groups in total. The van der Waals surface area contributed by atoms with Crippen LogP contribution in [0.4, 0.5) is 0 Å². The predicted molar refractivity (Wildman–Crippen MR) is 84.7 cm³/mol. The summed E-state index contributed by atoms with van der Waals surface area (Å²) in [5.74, 6) is 0.153. The monoisotopic (exact) mass is 276 g/mol. The number of rotatable bonds is 8. The van der Waals surface area contributed by atoms with Crippen molar-refractivity contribution in [2.24, 2.45) is 11.7 Å². The van der Waals surface area contributed by atoms with E-state index in [1.165, 1.54) is 11.1 Å². The Morgan fingerprint density at radius 2 is 1.85 bits per heavy atom. The summed E-state index contributed by atoms with van der Waals surface area (Å²) in [6.45, 7) is 5.14. The largest absolute Gasteiger partial charge is 0.369 e. The first-order valence-corrected chi connectivity index (χ1v) is 7.46. The first-order valence-electron chi connectivity index (χ1n) is 7.46. The van der Waals surface area contributed by atoms with Crippen LogP contribution in [0, 0.1) is 5.92 Å². The van der Waals surface area contributed by atoms with E-state index in [2.05, 4.69) is 50.2 Å². The van der Waals surface area contributed by atoms with Crippen molar-refractivity contribution in [1.29, 1.82) is 0 Å². The number of hydrogen-bond donors (Lipinski definition) is 1. The SMILES string of the molecule is CCC(CC(C)C(N)=O)c1ccc(CCN(C)C)cc1. The van der Waals surface area contributed by atoms with Crippen molar-refractivity contribution in [2.75, 3.05) is 20.6 Å². The highest BCUT2D eigenvalue weighted by Crippen LogP contribution is 2.27. The molecule has 0 bridgehead atoms. The third kappa shape index (κ3) is 5.33. The highest BCUT2D eigenvalue weighted by atomic mass is 16.1. The van der Waals surface area contributed by atoms with Crippen molar-refractivity contribution in [3.8, 4) is 0 Å². The van der Waals surface area contributed by atoms with Gasteiger partial charge < -0.3 is 10.6 Å². The van der Waals surface area contributed by atoms with E-state index in [1.54, 1.807) is 0 Å². The van der Waals surface area contributed by atoms with Gasteiger partial charge in [-0.3, -0.25) is 4.79 Å². The summed E-state index contributed by atoms with van der Waals surface area (Å²) < 4.78 is 0. The van der Waals surface area contributed by atoms with Gasteiger partial charge in [0.15, 0.2) is 0 Å². The van der Waals surface area contributed by atoms with Crippen LogP contribution in [-0.4, -0.2) is 31.4 Å². The Labute approximate surface area is 123 Å². The zero-order valence-electron chi connectivity index (χ0n) is 13.2. The molecule has 112 valence electrons. The molecule has 0 aliphatic rings. The molecule has 1 aromatic carbocycles. The number of amides is 1. The second-order valence-electron chi connectivity index (χ2n) is 5.94. The molecule has 0 fully saturated rings. The van der Waals surface area contributed by atoms with Crippen LogP contribution in [0.25, 0.3) is 0 Å². The van der Waals surface area contributed by atoms with Gasteiger partial charge in [0.1, 0.15) is 0 Å². The van der Waals surface area contributed by atoms with Gasteiger partial charge in [-0.15, -0.1) is 0 Å². The highest BCUT2D eigenvalue weighted by Gasteiger charge is 2.17. The topological polar surface area (TPSA) is 46.3 Å². The summed E-state index contributed by atoms with van der Waals surface area (Å²) >= 11 is 0. The Morgan fingerprint density at radius 1 is 1.25 bits per heavy atom. The molecule has 0 aromatic heterocycles. The first kappa shape index (κ1) is 16.7. The number of nitrogens with two attached hydrogens (primary N) is 1. The summed E-state index contributed by atoms with van der Waals surface area (Å²) in [4.78, 5) is 13.4. The molecule has 0 saturated heterocycles. The van der Waals surface area contributed by atoms with Gasteiger partial charge in [-0.05, 0) is 50.4 Å². The van der Waals surface area contributed by atoms with Gasteiger partial charge in [0.2, 0.25) is 5.91 Å². The molecule has 1 aromatic rings. The van der Waals surface area contributed by atoms with E-state index < -0.39 is 0 Å². The molecule has 0 saturated carbocycles. The Morgan fingerprint density at radius 3 is 2.30 bits per heavy atom. The molecule has 0 radical (unpaired) electrons. The Hall–Kier alpha value is -1.35. The molecular formula is C17H28N2O. The fourth-order valence-corrected chi connectivity index (χ4v) is 2.39. The van der Waals surface area contributed by atoms with E-state index in [9.17, 15) is 4.79 Å². The first-order chi connectivity index (χ1) is 9.43. The second-order valence-corrected chi connectivity index (χ2v) is 5.94. The van der Waals surface area contributed by atoms with E-state index in [0.717, 1.165) is 25.8 Å². The van der Waals surface area contributed by atoms with Crippen LogP contribution < -0.4 is 5.73 Å². The molecular weight excluding hydrogens is 248 g/mol. The van der Waals surface area contributed by atoms with Crippen LogP contribution in [0.3, 0.4) is 0 Å². The molecule has 0 aliphatic carbocycles. The number of hydrogen-bond acceptors (Lipinski definition) is 2. The third-order valence-electron chi connectivity index (χ3n) is 3.92. The van der Waals surface area contributed by atoms with Gasteiger partial charge in [0, 0.05) is 12.5 Å². The molecule has 0 heterocycles. The molecule has 2 atom stereocenters. The predicted octanol–water partition coefficient (Wildman–Crippen LogP) is 2.80. The maximum Gasteiger partial charge on any atom is 0.220 e. The molecule has 20 heavy (non-hydrogen) atoms. The van der Waals surface area contributed by atoms with E-state index in [-0.39, 0.29) is 11.8 Å². The zero-order valence-corrected chi connectivity index (χ0v) is 13.2. The maximum absolute atomic E-state index is 11.2. The Balaban J connectivity index is 2.67. The minimum absolute atomic E-state index is 0.0617. The van der Waals surface area contributed by atoms with Gasteiger partial charge in [-0.2, -0.15) is 0 Å². The summed E-state index contributed by atoms with van der Waals surface area (Å²) in [5, 5.41) is 0. The van der Waals surface area contributed by atoms with Gasteiger partial charge in [-0.1, -0.05) is 38.1 Å². The minimum atomic E-state index is -0.203. The minimum Gasteiger partial charge on any atom is -0.369 e. The van der Waals surface area contributed by atoms with E-state index in [1.807, 2.05) is 6.92 Å². The molecule has 3 heteroatoms. The fraction of sp³-hybridized carbons (Fsp3) is 0.588. The standard InChI is InChI=1S/C17H28N2O/c1-5-15(12-13(2)17(18)20)16-8-6-14(7-9-16)10-11-19(3)4/h6-9,13,15H,5,10-12H2,1-4H3,(H2,18,20). The highest BCUT2D eigenvalue weighted by molar-refractivity contribution is 5.76. The van der Waals surface area contributed by atoms with E-state index >= 15 is 0 Å². The number of carbonyl (C=O) groups is 1. The lowest BCUT2D eigenvalue weighted by molar-refractivity contribution is -0.121. The lowest BCUT2D eigenvalue weighted by Gasteiger charge is -2.19. The lowest BCUT2D eigenvalue weighted by atomic mass is 9.87. The van der Waals surface area contributed by atoms with Crippen molar-refractivity contribution in [2.45, 2.75) is 39.0 Å². The summed E-state index contributed by atoms with van der Waals surface area (Å²) in [6, 6.07) is 8.81. The summed E-state index contributed by atoms with van der Waals surface area (Å²) in [5.41, 5.74) is 8.04. The number of carbonyl (C=O) groups excluding carboxylic acids is 1. The van der Waals surface area contributed by atoms with Crippen LogP contribution >= 0.6 is 0 Å². The third-order valence-corrected chi connectivity index (χ3v) is 3.92. The van der Waals surface area contributed by atoms with Crippen LogP contribution in [0.2, 0.25) is 0 Å². The van der Waals surface area contributed by atoms with Gasteiger partial charge in [0.25, 0.3) is 0 Å². The van der Waals surface area contributed by atoms with Crippen molar-refractivity contribution in [3.05, 3.63) is 35.4 Å². The summed E-state index contributed by atoms with van der Waals surface area (Å²) in [6.07, 6.45) is 2.94.